The molecule has 168 valence electrons. The first-order valence-corrected chi connectivity index (χ1v) is 10.7. The molecule has 0 amide bonds. The summed E-state index contributed by atoms with van der Waals surface area (Å²) in [7, 11) is 3.18. The first-order chi connectivity index (χ1) is 16.0. The average molecular weight is 466 g/mol. The van der Waals surface area contributed by atoms with Gasteiger partial charge in [0.1, 0.15) is 5.75 Å². The van der Waals surface area contributed by atoms with E-state index in [2.05, 4.69) is 0 Å². The van der Waals surface area contributed by atoms with Gasteiger partial charge in [-0.15, -0.1) is 0 Å². The molecule has 9 heteroatoms. The third-order valence-corrected chi connectivity index (χ3v) is 6.22. The summed E-state index contributed by atoms with van der Waals surface area (Å²) < 4.78 is 17.1. The maximum Gasteiger partial charge on any atom is 0.270 e. The second kappa shape index (κ2) is 8.29. The third kappa shape index (κ3) is 3.62. The quantitative estimate of drug-likeness (QED) is 0.365. The molecule has 2 aliphatic rings. The first kappa shape index (κ1) is 21.1. The number of non-ortho nitro benzene ring substituents is 1. The zero-order valence-electron chi connectivity index (χ0n) is 17.9. The van der Waals surface area contributed by atoms with E-state index in [0.29, 0.717) is 34.3 Å². The molecule has 0 bridgehead atoms. The molecule has 3 aromatic rings. The summed E-state index contributed by atoms with van der Waals surface area (Å²) >= 11 is 6.47. The van der Waals surface area contributed by atoms with E-state index in [1.807, 2.05) is 47.5 Å². The van der Waals surface area contributed by atoms with Crippen LogP contribution in [0, 0.1) is 10.1 Å². The van der Waals surface area contributed by atoms with Gasteiger partial charge >= 0.3 is 0 Å². The van der Waals surface area contributed by atoms with Crippen LogP contribution in [0.25, 0.3) is 0 Å². The number of ether oxygens (including phenoxy) is 3. The zero-order chi connectivity index (χ0) is 23.1. The van der Waals surface area contributed by atoms with E-state index in [0.717, 1.165) is 16.8 Å². The smallest absolute Gasteiger partial charge is 0.270 e. The van der Waals surface area contributed by atoms with E-state index in [-0.39, 0.29) is 11.7 Å². The van der Waals surface area contributed by atoms with Crippen molar-refractivity contribution >= 4 is 23.0 Å². The molecular formula is C24H20ClN3O5. The number of fused-ring (bicyclic) bond motifs is 3. The molecule has 0 N–H and O–H groups in total. The van der Waals surface area contributed by atoms with Gasteiger partial charge in [-0.1, -0.05) is 29.8 Å². The summed E-state index contributed by atoms with van der Waals surface area (Å²) in [5.41, 5.74) is 3.16. The molecule has 0 unspecified atom stereocenters. The Balaban J connectivity index is 1.61. The molecule has 8 nitrogen and oxygen atoms in total. The minimum atomic E-state index is -0.713. The lowest BCUT2D eigenvalue weighted by atomic mass is 9.95. The molecule has 0 spiro atoms. The number of para-hydroxylation sites is 1. The Morgan fingerprint density at radius 2 is 1.85 bits per heavy atom. The van der Waals surface area contributed by atoms with Gasteiger partial charge in [0.2, 0.25) is 6.23 Å². The maximum absolute atomic E-state index is 11.4. The number of nitrogens with zero attached hydrogens (tertiary/aromatic N) is 3. The largest absolute Gasteiger partial charge is 0.493 e. The van der Waals surface area contributed by atoms with Crippen molar-refractivity contribution in [2.45, 2.75) is 18.7 Å². The molecule has 0 saturated heterocycles. The van der Waals surface area contributed by atoms with Crippen LogP contribution in [0.15, 0.2) is 65.8 Å². The lowest BCUT2D eigenvalue weighted by Gasteiger charge is -2.38. The highest BCUT2D eigenvalue weighted by atomic mass is 35.5. The van der Waals surface area contributed by atoms with Crippen molar-refractivity contribution in [2.24, 2.45) is 5.10 Å². The van der Waals surface area contributed by atoms with Gasteiger partial charge < -0.3 is 14.2 Å². The van der Waals surface area contributed by atoms with E-state index in [1.165, 1.54) is 18.2 Å². The maximum atomic E-state index is 11.4. The molecular weight excluding hydrogens is 446 g/mol. The highest BCUT2D eigenvalue weighted by Crippen LogP contribution is 2.49. The minimum Gasteiger partial charge on any atom is -0.493 e. The number of nitro groups is 1. The van der Waals surface area contributed by atoms with E-state index >= 15 is 0 Å². The predicted molar refractivity (Wildman–Crippen MR) is 123 cm³/mol. The van der Waals surface area contributed by atoms with Gasteiger partial charge in [0.15, 0.2) is 11.5 Å². The van der Waals surface area contributed by atoms with E-state index in [4.69, 9.17) is 30.9 Å². The SMILES string of the molecule is COc1ccc(C2=NN3[C@H](C2)c2ccccc2O[C@@H]3c2cc([N+](=O)[O-])ccc2Cl)cc1OC. The number of nitro benzene ring substituents is 1. The first-order valence-electron chi connectivity index (χ1n) is 10.3. The summed E-state index contributed by atoms with van der Waals surface area (Å²) in [4.78, 5) is 10.9. The molecule has 0 aliphatic carbocycles. The van der Waals surface area contributed by atoms with Crippen LogP contribution in [0.5, 0.6) is 17.2 Å². The molecule has 0 radical (unpaired) electrons. The molecule has 33 heavy (non-hydrogen) atoms. The van der Waals surface area contributed by atoms with Crippen molar-refractivity contribution in [3.05, 3.63) is 92.5 Å². The summed E-state index contributed by atoms with van der Waals surface area (Å²) in [6.45, 7) is 0. The molecule has 2 atom stereocenters. The number of hydrazone groups is 1. The summed E-state index contributed by atoms with van der Waals surface area (Å²) in [6.07, 6.45) is -0.0891. The fraction of sp³-hybridized carbons (Fsp3) is 0.208. The Kier molecular flexibility index (Phi) is 5.30. The van der Waals surface area contributed by atoms with Crippen molar-refractivity contribution in [3.8, 4) is 17.2 Å². The van der Waals surface area contributed by atoms with Gasteiger partial charge in [-0.05, 0) is 30.3 Å². The fourth-order valence-electron chi connectivity index (χ4n) is 4.26. The Labute approximate surface area is 195 Å². The van der Waals surface area contributed by atoms with Crippen molar-refractivity contribution in [2.75, 3.05) is 14.2 Å². The number of hydrogen-bond acceptors (Lipinski definition) is 7. The van der Waals surface area contributed by atoms with Crippen molar-refractivity contribution in [3.63, 3.8) is 0 Å². The molecule has 0 fully saturated rings. The minimum absolute atomic E-state index is 0.0586. The number of rotatable bonds is 5. The summed E-state index contributed by atoms with van der Waals surface area (Å²) in [5.74, 6) is 1.94. The van der Waals surface area contributed by atoms with Crippen LogP contribution >= 0.6 is 11.6 Å². The van der Waals surface area contributed by atoms with Crippen molar-refractivity contribution in [1.82, 2.24) is 5.01 Å². The van der Waals surface area contributed by atoms with Crippen LogP contribution in [0.2, 0.25) is 5.02 Å². The predicted octanol–water partition coefficient (Wildman–Crippen LogP) is 5.51. The molecule has 2 aliphatic heterocycles. The average Bonchev–Trinajstić information content (AvgIpc) is 3.29. The topological polar surface area (TPSA) is 86.4 Å². The number of benzene rings is 3. The normalized spacial score (nSPS) is 18.6. The highest BCUT2D eigenvalue weighted by Gasteiger charge is 2.42. The van der Waals surface area contributed by atoms with Gasteiger partial charge in [0, 0.05) is 40.3 Å². The second-order valence-electron chi connectivity index (χ2n) is 7.69. The Bertz CT molecular complexity index is 1280. The van der Waals surface area contributed by atoms with Gasteiger partial charge in [-0.2, -0.15) is 5.10 Å². The highest BCUT2D eigenvalue weighted by molar-refractivity contribution is 6.31. The van der Waals surface area contributed by atoms with E-state index in [1.54, 1.807) is 14.2 Å². The van der Waals surface area contributed by atoms with Crippen LogP contribution in [0.3, 0.4) is 0 Å². The van der Waals surface area contributed by atoms with Crippen LogP contribution in [0.1, 0.15) is 35.4 Å². The zero-order valence-corrected chi connectivity index (χ0v) is 18.7. The van der Waals surface area contributed by atoms with Gasteiger partial charge in [-0.3, -0.25) is 10.1 Å². The van der Waals surface area contributed by atoms with Gasteiger partial charge in [0.05, 0.1) is 30.9 Å². The molecule has 2 heterocycles. The molecule has 5 rings (SSSR count). The van der Waals surface area contributed by atoms with Crippen LogP contribution in [0.4, 0.5) is 5.69 Å². The van der Waals surface area contributed by atoms with Crippen molar-refractivity contribution in [1.29, 1.82) is 0 Å². The molecule has 3 aromatic carbocycles. The number of halogens is 1. The number of methoxy groups -OCH3 is 2. The lowest BCUT2D eigenvalue weighted by Crippen LogP contribution is -2.33. The Morgan fingerprint density at radius 3 is 2.61 bits per heavy atom. The fourth-order valence-corrected chi connectivity index (χ4v) is 4.47. The summed E-state index contributed by atoms with van der Waals surface area (Å²) in [6, 6.07) is 17.6. The molecule has 0 saturated carbocycles. The van der Waals surface area contributed by atoms with Crippen LogP contribution < -0.4 is 14.2 Å². The lowest BCUT2D eigenvalue weighted by molar-refractivity contribution is -0.385. The second-order valence-corrected chi connectivity index (χ2v) is 8.09. The summed E-state index contributed by atoms with van der Waals surface area (Å²) in [5, 5.41) is 18.5. The number of hydrogen-bond donors (Lipinski definition) is 0. The Hall–Kier alpha value is -3.78. The van der Waals surface area contributed by atoms with E-state index in [9.17, 15) is 10.1 Å². The van der Waals surface area contributed by atoms with Gasteiger partial charge in [-0.25, -0.2) is 5.01 Å². The standard InChI is InChI=1S/C24H20ClN3O5/c1-31-22-10-7-14(11-23(22)32-2)19-13-20-16-5-3-4-6-21(16)33-24(27(20)26-19)17-12-15(28(29)30)8-9-18(17)25/h3-12,20,24H,13H2,1-2H3/t20-,24-/m1/s1. The third-order valence-electron chi connectivity index (χ3n) is 5.87. The monoisotopic (exact) mass is 465 g/mol. The van der Waals surface area contributed by atoms with Crippen LogP contribution in [-0.2, 0) is 0 Å². The van der Waals surface area contributed by atoms with Gasteiger partial charge in [0.25, 0.3) is 5.69 Å². The van der Waals surface area contributed by atoms with Crippen molar-refractivity contribution < 1.29 is 19.1 Å². The Morgan fingerprint density at radius 1 is 1.06 bits per heavy atom. The van der Waals surface area contributed by atoms with E-state index < -0.39 is 11.2 Å². The van der Waals surface area contributed by atoms with Crippen LogP contribution in [-0.4, -0.2) is 29.9 Å². The molecule has 0 aromatic heterocycles.